The minimum atomic E-state index is 0.792. The second-order valence-electron chi connectivity index (χ2n) is 4.33. The molecule has 1 aromatic heterocycles. The van der Waals surface area contributed by atoms with Crippen LogP contribution in [0.15, 0.2) is 12.1 Å². The second-order valence-corrected chi connectivity index (χ2v) is 6.73. The molecule has 1 aliphatic rings. The zero-order valence-corrected chi connectivity index (χ0v) is 11.7. The van der Waals surface area contributed by atoms with E-state index in [1.807, 2.05) is 18.4 Å². The fraction of sp³-hybridized carbons (Fsp3) is 0.667. The summed E-state index contributed by atoms with van der Waals surface area (Å²) in [6.45, 7) is 2.10. The molecule has 1 aliphatic heterocycles. The first kappa shape index (κ1) is 12.4. The SMILES string of the molecule is CNCc1ccc(CN(C)C2CCSC2)s1. The van der Waals surface area contributed by atoms with Crippen LogP contribution in [-0.2, 0) is 13.1 Å². The van der Waals surface area contributed by atoms with Crippen LogP contribution in [0.4, 0.5) is 0 Å². The van der Waals surface area contributed by atoms with Gasteiger partial charge in [0.2, 0.25) is 0 Å². The Bertz CT molecular complexity index is 319. The van der Waals surface area contributed by atoms with Crippen molar-refractivity contribution in [3.8, 4) is 0 Å². The lowest BCUT2D eigenvalue weighted by molar-refractivity contribution is 0.256. The normalized spacial score (nSPS) is 20.8. The Morgan fingerprint density at radius 2 is 2.25 bits per heavy atom. The number of thiophene rings is 1. The minimum absolute atomic E-state index is 0.792. The van der Waals surface area contributed by atoms with Crippen LogP contribution in [0.25, 0.3) is 0 Å². The Kier molecular flexibility index (Phi) is 4.70. The molecule has 1 unspecified atom stereocenters. The number of hydrogen-bond acceptors (Lipinski definition) is 4. The quantitative estimate of drug-likeness (QED) is 0.871. The smallest absolute Gasteiger partial charge is 0.0328 e. The van der Waals surface area contributed by atoms with E-state index in [-0.39, 0.29) is 0 Å². The first-order valence-corrected chi connectivity index (χ1v) is 7.77. The molecule has 4 heteroatoms. The van der Waals surface area contributed by atoms with E-state index in [9.17, 15) is 0 Å². The van der Waals surface area contributed by atoms with Crippen LogP contribution in [0.1, 0.15) is 16.2 Å². The Morgan fingerprint density at radius 1 is 1.44 bits per heavy atom. The highest BCUT2D eigenvalue weighted by Gasteiger charge is 2.20. The molecule has 2 rings (SSSR count). The lowest BCUT2D eigenvalue weighted by Crippen LogP contribution is -2.30. The van der Waals surface area contributed by atoms with Crippen LogP contribution in [0.2, 0.25) is 0 Å². The van der Waals surface area contributed by atoms with Crippen molar-refractivity contribution in [1.82, 2.24) is 10.2 Å². The summed E-state index contributed by atoms with van der Waals surface area (Å²) in [5.74, 6) is 2.65. The summed E-state index contributed by atoms with van der Waals surface area (Å²) in [7, 11) is 4.26. The van der Waals surface area contributed by atoms with Crippen molar-refractivity contribution >= 4 is 23.1 Å². The largest absolute Gasteiger partial charge is 0.315 e. The van der Waals surface area contributed by atoms with E-state index in [1.54, 1.807) is 0 Å². The van der Waals surface area contributed by atoms with E-state index < -0.39 is 0 Å². The van der Waals surface area contributed by atoms with E-state index in [4.69, 9.17) is 0 Å². The number of thioether (sulfide) groups is 1. The van der Waals surface area contributed by atoms with Crippen LogP contribution in [0.3, 0.4) is 0 Å². The van der Waals surface area contributed by atoms with Crippen molar-refractivity contribution in [2.24, 2.45) is 0 Å². The molecule has 1 aromatic rings. The zero-order chi connectivity index (χ0) is 11.4. The number of nitrogens with one attached hydrogen (secondary N) is 1. The Labute approximate surface area is 106 Å². The molecule has 0 amide bonds. The van der Waals surface area contributed by atoms with Gasteiger partial charge in [-0.3, -0.25) is 4.90 Å². The lowest BCUT2D eigenvalue weighted by atomic mass is 10.2. The summed E-state index contributed by atoms with van der Waals surface area (Å²) < 4.78 is 0. The third kappa shape index (κ3) is 3.23. The molecule has 2 heterocycles. The molecule has 1 fully saturated rings. The molecule has 1 atom stereocenters. The molecule has 0 spiro atoms. The molecule has 0 saturated carbocycles. The first-order chi connectivity index (χ1) is 7.79. The average molecular weight is 256 g/mol. The highest BCUT2D eigenvalue weighted by atomic mass is 32.2. The minimum Gasteiger partial charge on any atom is -0.315 e. The maximum atomic E-state index is 3.20. The monoisotopic (exact) mass is 256 g/mol. The van der Waals surface area contributed by atoms with Gasteiger partial charge >= 0.3 is 0 Å². The maximum absolute atomic E-state index is 3.20. The van der Waals surface area contributed by atoms with Gasteiger partial charge in [0.25, 0.3) is 0 Å². The van der Waals surface area contributed by atoms with Crippen LogP contribution in [0.5, 0.6) is 0 Å². The number of hydrogen-bond donors (Lipinski definition) is 1. The van der Waals surface area contributed by atoms with Crippen molar-refractivity contribution < 1.29 is 0 Å². The van der Waals surface area contributed by atoms with Crippen molar-refractivity contribution in [3.63, 3.8) is 0 Å². The summed E-state index contributed by atoms with van der Waals surface area (Å²) in [5, 5.41) is 3.20. The van der Waals surface area contributed by atoms with Crippen molar-refractivity contribution in [1.29, 1.82) is 0 Å². The van der Waals surface area contributed by atoms with Crippen molar-refractivity contribution in [2.45, 2.75) is 25.6 Å². The standard InChI is InChI=1S/C12H20N2S2/c1-13-7-11-3-4-12(16-11)8-14(2)10-5-6-15-9-10/h3-4,10,13H,5-9H2,1-2H3. The first-order valence-electron chi connectivity index (χ1n) is 5.80. The lowest BCUT2D eigenvalue weighted by Gasteiger charge is -2.22. The Morgan fingerprint density at radius 3 is 2.94 bits per heavy atom. The van der Waals surface area contributed by atoms with Gasteiger partial charge in [-0.25, -0.2) is 0 Å². The third-order valence-corrected chi connectivity index (χ3v) is 5.22. The zero-order valence-electron chi connectivity index (χ0n) is 10.0. The van der Waals surface area contributed by atoms with Gasteiger partial charge in [0.05, 0.1) is 0 Å². The number of nitrogens with zero attached hydrogens (tertiary/aromatic N) is 1. The second kappa shape index (κ2) is 6.05. The van der Waals surface area contributed by atoms with Gasteiger partial charge in [-0.1, -0.05) is 0 Å². The Balaban J connectivity index is 1.87. The summed E-state index contributed by atoms with van der Waals surface area (Å²) in [5.41, 5.74) is 0. The molecule has 1 saturated heterocycles. The van der Waals surface area contributed by atoms with Gasteiger partial charge < -0.3 is 5.32 Å². The molecule has 90 valence electrons. The van der Waals surface area contributed by atoms with E-state index >= 15 is 0 Å². The van der Waals surface area contributed by atoms with Gasteiger partial charge in [0, 0.05) is 34.6 Å². The predicted molar refractivity (Wildman–Crippen MR) is 74.3 cm³/mol. The third-order valence-electron chi connectivity index (χ3n) is 3.00. The topological polar surface area (TPSA) is 15.3 Å². The molecule has 2 nitrogen and oxygen atoms in total. The number of rotatable bonds is 5. The molecular formula is C12H20N2S2. The van der Waals surface area contributed by atoms with E-state index in [0.29, 0.717) is 0 Å². The van der Waals surface area contributed by atoms with Crippen LogP contribution < -0.4 is 5.32 Å². The average Bonchev–Trinajstić information content (AvgIpc) is 2.89. The molecule has 0 aromatic carbocycles. The van der Waals surface area contributed by atoms with Crippen LogP contribution in [0, 0.1) is 0 Å². The van der Waals surface area contributed by atoms with E-state index in [1.165, 1.54) is 27.7 Å². The maximum Gasteiger partial charge on any atom is 0.0328 e. The van der Waals surface area contributed by atoms with Crippen molar-refractivity contribution in [3.05, 3.63) is 21.9 Å². The van der Waals surface area contributed by atoms with Gasteiger partial charge in [0.1, 0.15) is 0 Å². The summed E-state index contributed by atoms with van der Waals surface area (Å²) in [4.78, 5) is 5.44. The van der Waals surface area contributed by atoms with E-state index in [2.05, 4.69) is 41.2 Å². The molecular weight excluding hydrogens is 236 g/mol. The summed E-state index contributed by atoms with van der Waals surface area (Å²) in [6, 6.07) is 5.31. The van der Waals surface area contributed by atoms with E-state index in [0.717, 1.165) is 19.1 Å². The summed E-state index contributed by atoms with van der Waals surface area (Å²) in [6.07, 6.45) is 1.36. The molecule has 1 N–H and O–H groups in total. The van der Waals surface area contributed by atoms with Gasteiger partial charge in [0.15, 0.2) is 0 Å². The molecule has 0 bridgehead atoms. The Hall–Kier alpha value is -0.0300. The van der Waals surface area contributed by atoms with Crippen molar-refractivity contribution in [2.75, 3.05) is 25.6 Å². The highest BCUT2D eigenvalue weighted by molar-refractivity contribution is 7.99. The molecule has 0 aliphatic carbocycles. The van der Waals surface area contributed by atoms with Crippen LogP contribution >= 0.6 is 23.1 Å². The fourth-order valence-electron chi connectivity index (χ4n) is 2.02. The molecule has 16 heavy (non-hydrogen) atoms. The molecule has 0 radical (unpaired) electrons. The van der Waals surface area contributed by atoms with Crippen LogP contribution in [-0.4, -0.2) is 36.5 Å². The fourth-order valence-corrected chi connectivity index (χ4v) is 4.41. The van der Waals surface area contributed by atoms with Gasteiger partial charge in [-0.05, 0) is 38.4 Å². The highest BCUT2D eigenvalue weighted by Crippen LogP contribution is 2.24. The van der Waals surface area contributed by atoms with Gasteiger partial charge in [-0.2, -0.15) is 11.8 Å². The van der Waals surface area contributed by atoms with Gasteiger partial charge in [-0.15, -0.1) is 11.3 Å². The summed E-state index contributed by atoms with van der Waals surface area (Å²) >= 11 is 4.02. The predicted octanol–water partition coefficient (Wildman–Crippen LogP) is 2.40.